The number of phenolic OH excluding ortho intramolecular Hbond substituents is 1. The normalized spacial score (nSPS) is 10.5. The monoisotopic (exact) mass is 345 g/mol. The Morgan fingerprint density at radius 2 is 2.14 bits per heavy atom. The topological polar surface area (TPSA) is 75.9 Å². The van der Waals surface area contributed by atoms with Crippen molar-refractivity contribution in [1.29, 1.82) is 0 Å². The first-order valence-corrected chi connectivity index (χ1v) is 7.04. The second-order valence-electron chi connectivity index (χ2n) is 4.38. The lowest BCUT2D eigenvalue weighted by molar-refractivity contribution is 0.471. The Kier molecular flexibility index (Phi) is 3.83. The van der Waals surface area contributed by atoms with Crippen molar-refractivity contribution in [3.8, 4) is 11.6 Å². The number of hydrogen-bond acceptors (Lipinski definition) is 5. The van der Waals surface area contributed by atoms with E-state index in [0.717, 1.165) is 11.3 Å². The zero-order chi connectivity index (χ0) is 14.7. The van der Waals surface area contributed by atoms with Crippen LogP contribution in [0.4, 0.5) is 5.69 Å². The Bertz CT molecular complexity index is 728. The molecule has 106 valence electrons. The highest BCUT2D eigenvalue weighted by atomic mass is 79.9. The Hall–Kier alpha value is -2.41. The van der Waals surface area contributed by atoms with Crippen molar-refractivity contribution in [2.45, 2.75) is 6.54 Å². The van der Waals surface area contributed by atoms with Crippen molar-refractivity contribution in [3.05, 3.63) is 59.2 Å². The summed E-state index contributed by atoms with van der Waals surface area (Å²) in [6.45, 7) is 0.642. The van der Waals surface area contributed by atoms with Gasteiger partial charge in [-0.25, -0.2) is 14.6 Å². The van der Waals surface area contributed by atoms with E-state index >= 15 is 0 Å². The summed E-state index contributed by atoms with van der Waals surface area (Å²) in [5.41, 5.74) is 1.96. The molecule has 0 fully saturated rings. The molecule has 2 heterocycles. The summed E-state index contributed by atoms with van der Waals surface area (Å²) >= 11 is 3.30. The molecule has 1 aromatic carbocycles. The second kappa shape index (κ2) is 5.92. The molecule has 3 aromatic rings. The highest BCUT2D eigenvalue weighted by Gasteiger charge is 2.01. The average molecular weight is 346 g/mol. The molecule has 2 N–H and O–H groups in total. The van der Waals surface area contributed by atoms with E-state index in [4.69, 9.17) is 0 Å². The van der Waals surface area contributed by atoms with Crippen molar-refractivity contribution >= 4 is 21.6 Å². The maximum absolute atomic E-state index is 9.46. The number of nitrogens with zero attached hydrogens (tertiary/aromatic N) is 4. The van der Waals surface area contributed by atoms with Crippen molar-refractivity contribution in [2.24, 2.45) is 0 Å². The minimum absolute atomic E-state index is 0.234. The molecular weight excluding hydrogens is 334 g/mol. The summed E-state index contributed by atoms with van der Waals surface area (Å²) in [6, 6.07) is 9.19. The number of aromatic nitrogens is 4. The van der Waals surface area contributed by atoms with Gasteiger partial charge >= 0.3 is 0 Å². The third kappa shape index (κ3) is 3.19. The van der Waals surface area contributed by atoms with Crippen molar-refractivity contribution in [1.82, 2.24) is 19.7 Å². The Balaban J connectivity index is 1.66. The fourth-order valence-electron chi connectivity index (χ4n) is 1.82. The van der Waals surface area contributed by atoms with Crippen LogP contribution in [0.1, 0.15) is 5.56 Å². The number of phenols is 1. The van der Waals surface area contributed by atoms with Gasteiger partial charge in [-0.05, 0) is 45.8 Å². The Morgan fingerprint density at radius 3 is 2.81 bits per heavy atom. The molecule has 0 unspecified atom stereocenters. The van der Waals surface area contributed by atoms with E-state index in [9.17, 15) is 5.11 Å². The third-order valence-electron chi connectivity index (χ3n) is 2.91. The summed E-state index contributed by atoms with van der Waals surface area (Å²) in [5.74, 6) is 0.947. The standard InChI is InChI=1S/C14H12BrN5O/c15-12-5-10(1-3-13(12)21)6-17-11-2-4-14(18-7-11)20-9-16-8-19-20/h1-5,7-9,17,21H,6H2. The molecule has 3 rings (SSSR count). The molecule has 0 aliphatic rings. The summed E-state index contributed by atoms with van der Waals surface area (Å²) < 4.78 is 2.28. The van der Waals surface area contributed by atoms with Gasteiger partial charge in [0.15, 0.2) is 5.82 Å². The lowest BCUT2D eigenvalue weighted by Gasteiger charge is -2.08. The Labute approximate surface area is 129 Å². The van der Waals surface area contributed by atoms with Crippen molar-refractivity contribution in [2.75, 3.05) is 5.32 Å². The highest BCUT2D eigenvalue weighted by Crippen LogP contribution is 2.24. The molecule has 7 heteroatoms. The van der Waals surface area contributed by atoms with Gasteiger partial charge in [0.1, 0.15) is 18.4 Å². The van der Waals surface area contributed by atoms with E-state index < -0.39 is 0 Å². The van der Waals surface area contributed by atoms with E-state index in [1.165, 1.54) is 6.33 Å². The van der Waals surface area contributed by atoms with Crippen LogP contribution in [0.15, 0.2) is 53.7 Å². The molecule has 0 saturated carbocycles. The average Bonchev–Trinajstić information content (AvgIpc) is 3.03. The van der Waals surface area contributed by atoms with Gasteiger partial charge in [-0.2, -0.15) is 5.10 Å². The first kappa shape index (κ1) is 13.6. The minimum atomic E-state index is 0.234. The molecule has 0 atom stereocenters. The van der Waals surface area contributed by atoms with Crippen molar-refractivity contribution < 1.29 is 5.11 Å². The molecule has 0 spiro atoms. The number of halogens is 1. The fourth-order valence-corrected chi connectivity index (χ4v) is 2.24. The van der Waals surface area contributed by atoms with E-state index in [2.05, 4.69) is 36.3 Å². The van der Waals surface area contributed by atoms with E-state index in [1.54, 1.807) is 23.3 Å². The number of nitrogens with one attached hydrogen (secondary N) is 1. The van der Waals surface area contributed by atoms with Crippen LogP contribution in [0.5, 0.6) is 5.75 Å². The number of pyridine rings is 1. The molecule has 0 saturated heterocycles. The van der Waals surface area contributed by atoms with Crippen LogP contribution in [0.25, 0.3) is 5.82 Å². The molecule has 0 aliphatic carbocycles. The molecule has 21 heavy (non-hydrogen) atoms. The van der Waals surface area contributed by atoms with Crippen LogP contribution >= 0.6 is 15.9 Å². The molecular formula is C14H12BrN5O. The van der Waals surface area contributed by atoms with Gasteiger partial charge in [0.25, 0.3) is 0 Å². The van der Waals surface area contributed by atoms with Crippen LogP contribution in [0.3, 0.4) is 0 Å². The van der Waals surface area contributed by atoms with Crippen LogP contribution in [0, 0.1) is 0 Å². The SMILES string of the molecule is Oc1ccc(CNc2ccc(-n3cncn3)nc2)cc1Br. The molecule has 6 nitrogen and oxygen atoms in total. The third-order valence-corrected chi connectivity index (χ3v) is 3.55. The summed E-state index contributed by atoms with van der Waals surface area (Å²) in [6.07, 6.45) is 4.81. The summed E-state index contributed by atoms with van der Waals surface area (Å²) in [7, 11) is 0. The Morgan fingerprint density at radius 1 is 1.24 bits per heavy atom. The molecule has 0 radical (unpaired) electrons. The minimum Gasteiger partial charge on any atom is -0.507 e. The van der Waals surface area contributed by atoms with E-state index in [-0.39, 0.29) is 5.75 Å². The predicted octanol–water partition coefficient (Wildman–Crippen LogP) is 2.74. The number of rotatable bonds is 4. The van der Waals surface area contributed by atoms with Crippen molar-refractivity contribution in [3.63, 3.8) is 0 Å². The molecule has 0 aliphatic heterocycles. The predicted molar refractivity (Wildman–Crippen MR) is 82.3 cm³/mol. The van der Waals surface area contributed by atoms with Gasteiger partial charge < -0.3 is 10.4 Å². The van der Waals surface area contributed by atoms with Gasteiger partial charge in [-0.3, -0.25) is 0 Å². The first-order chi connectivity index (χ1) is 10.2. The number of aromatic hydroxyl groups is 1. The summed E-state index contributed by atoms with van der Waals surface area (Å²) in [4.78, 5) is 8.20. The largest absolute Gasteiger partial charge is 0.507 e. The maximum Gasteiger partial charge on any atom is 0.155 e. The van der Waals surface area contributed by atoms with Gasteiger partial charge in [-0.1, -0.05) is 6.07 Å². The number of benzene rings is 1. The molecule has 2 aromatic heterocycles. The van der Waals surface area contributed by atoms with Gasteiger partial charge in [-0.15, -0.1) is 0 Å². The van der Waals surface area contributed by atoms with Crippen LogP contribution in [-0.2, 0) is 6.54 Å². The number of hydrogen-bond donors (Lipinski definition) is 2. The zero-order valence-electron chi connectivity index (χ0n) is 10.9. The smallest absolute Gasteiger partial charge is 0.155 e. The van der Waals surface area contributed by atoms with Gasteiger partial charge in [0.2, 0.25) is 0 Å². The van der Waals surface area contributed by atoms with Gasteiger partial charge in [0, 0.05) is 6.54 Å². The second-order valence-corrected chi connectivity index (χ2v) is 5.24. The maximum atomic E-state index is 9.46. The van der Waals surface area contributed by atoms with Crippen LogP contribution < -0.4 is 5.32 Å². The summed E-state index contributed by atoms with van der Waals surface area (Å²) in [5, 5.41) is 16.8. The first-order valence-electron chi connectivity index (χ1n) is 6.25. The highest BCUT2D eigenvalue weighted by molar-refractivity contribution is 9.10. The lowest BCUT2D eigenvalue weighted by Crippen LogP contribution is -2.02. The molecule has 0 amide bonds. The van der Waals surface area contributed by atoms with E-state index in [0.29, 0.717) is 16.8 Å². The quantitative estimate of drug-likeness (QED) is 0.760. The lowest BCUT2D eigenvalue weighted by atomic mass is 10.2. The van der Waals surface area contributed by atoms with Gasteiger partial charge in [0.05, 0.1) is 16.4 Å². The zero-order valence-corrected chi connectivity index (χ0v) is 12.5. The van der Waals surface area contributed by atoms with Crippen LogP contribution in [-0.4, -0.2) is 24.9 Å². The number of anilines is 1. The van der Waals surface area contributed by atoms with Crippen LogP contribution in [0.2, 0.25) is 0 Å². The van der Waals surface area contributed by atoms with E-state index in [1.807, 2.05) is 24.3 Å². The fraction of sp³-hybridized carbons (Fsp3) is 0.0714. The molecule has 0 bridgehead atoms.